The van der Waals surface area contributed by atoms with Crippen molar-refractivity contribution in [2.75, 3.05) is 0 Å². The monoisotopic (exact) mass is 464 g/mol. The summed E-state index contributed by atoms with van der Waals surface area (Å²) in [5, 5.41) is 0. The summed E-state index contributed by atoms with van der Waals surface area (Å²) in [4.78, 5) is 0. The van der Waals surface area contributed by atoms with Crippen LogP contribution in [0, 0.1) is 0 Å². The van der Waals surface area contributed by atoms with Gasteiger partial charge in [-0.1, -0.05) is 0 Å². The van der Waals surface area contributed by atoms with Crippen molar-refractivity contribution >= 4 is 0 Å². The fourth-order valence-corrected chi connectivity index (χ4v) is 0.852. The van der Waals surface area contributed by atoms with E-state index in [4.69, 9.17) is 0 Å². The van der Waals surface area contributed by atoms with Crippen LogP contribution in [0.2, 0.25) is 0 Å². The molecule has 0 aliphatic heterocycles. The fourth-order valence-electron chi connectivity index (χ4n) is 0.852. The summed E-state index contributed by atoms with van der Waals surface area (Å²) < 4.78 is 201. The molecule has 0 unspecified atom stereocenters. The second-order valence-corrected chi connectivity index (χ2v) is 3.90. The van der Waals surface area contributed by atoms with E-state index in [0.717, 1.165) is 0 Å². The number of rotatable bonds is 8. The van der Waals surface area contributed by atoms with Gasteiger partial charge >= 0.3 is 43.4 Å². The third kappa shape index (κ3) is 8.12. The van der Waals surface area contributed by atoms with Gasteiger partial charge in [-0.15, -0.1) is 30.7 Å². The largest absolute Gasteiger partial charge is 0.529 e. The van der Waals surface area contributed by atoms with Gasteiger partial charge in [-0.2, -0.15) is 44.3 Å². The molecule has 0 aromatic carbocycles. The molecule has 0 fully saturated rings. The topological polar surface area (TPSA) is 36.9 Å². The molecule has 0 saturated carbocycles. The molecule has 0 radical (unpaired) electrons. The number of alkyl halides is 14. The molecule has 168 valence electrons. The lowest BCUT2D eigenvalue weighted by Gasteiger charge is -2.29. The van der Waals surface area contributed by atoms with Crippen LogP contribution in [0.5, 0.6) is 0 Å². The minimum atomic E-state index is -7.09. The summed E-state index contributed by atoms with van der Waals surface area (Å²) >= 11 is 0. The van der Waals surface area contributed by atoms with Gasteiger partial charge in [0.1, 0.15) is 0 Å². The van der Waals surface area contributed by atoms with Gasteiger partial charge in [-0.05, 0) is 0 Å². The fraction of sp³-hybridized carbons (Fsp3) is 0.750. The van der Waals surface area contributed by atoms with E-state index in [0.29, 0.717) is 0 Å². The molecule has 0 aliphatic rings. The van der Waals surface area contributed by atoms with Crippen molar-refractivity contribution in [3.63, 3.8) is 0 Å². The Kier molecular flexibility index (Phi) is 7.15. The van der Waals surface area contributed by atoms with Crippen molar-refractivity contribution in [3.05, 3.63) is 11.8 Å². The van der Waals surface area contributed by atoms with Crippen LogP contribution in [0.3, 0.4) is 0 Å². The maximum absolute atomic E-state index is 12.8. The molecule has 0 saturated heterocycles. The highest BCUT2D eigenvalue weighted by atomic mass is 19.4. The third-order valence-corrected chi connectivity index (χ3v) is 1.70. The molecule has 0 rings (SSSR count). The SMILES string of the molecule is FC(OC(F)(F)C(F)(F)OC(F)(F)OC(F)(F)OC(F)(F)F)=C(F)C(F)(F)F. The van der Waals surface area contributed by atoms with Crippen LogP contribution in [0.15, 0.2) is 11.8 Å². The Morgan fingerprint density at radius 2 is 0.893 bits per heavy atom. The average molecular weight is 464 g/mol. The van der Waals surface area contributed by atoms with Crippen molar-refractivity contribution in [1.82, 2.24) is 0 Å². The number of hydrogen-bond acceptors (Lipinski definition) is 4. The minimum absolute atomic E-state index is 1.57. The first-order valence-corrected chi connectivity index (χ1v) is 5.41. The first kappa shape index (κ1) is 26.3. The van der Waals surface area contributed by atoms with Crippen molar-refractivity contribution < 1.29 is 89.2 Å². The van der Waals surface area contributed by atoms with Crippen LogP contribution in [0.25, 0.3) is 0 Å². The first-order valence-electron chi connectivity index (χ1n) is 5.41. The zero-order valence-electron chi connectivity index (χ0n) is 11.7. The van der Waals surface area contributed by atoms with E-state index in [1.54, 1.807) is 14.2 Å². The molecule has 0 bridgehead atoms. The lowest BCUT2D eigenvalue weighted by molar-refractivity contribution is -0.598. The third-order valence-electron chi connectivity index (χ3n) is 1.70. The van der Waals surface area contributed by atoms with Crippen molar-refractivity contribution in [3.8, 4) is 0 Å². The van der Waals surface area contributed by atoms with E-state index < -0.39 is 49.2 Å². The van der Waals surface area contributed by atoms with Gasteiger partial charge in [0.15, 0.2) is 0 Å². The summed E-state index contributed by atoms with van der Waals surface area (Å²) in [5.74, 6) is -4.18. The smallest absolute Gasteiger partial charge is 0.397 e. The highest BCUT2D eigenvalue weighted by Crippen LogP contribution is 2.45. The maximum atomic E-state index is 12.8. The van der Waals surface area contributed by atoms with Crippen molar-refractivity contribution in [2.24, 2.45) is 0 Å². The Labute approximate surface area is 140 Å². The van der Waals surface area contributed by atoms with Gasteiger partial charge in [0.05, 0.1) is 0 Å². The lowest BCUT2D eigenvalue weighted by Crippen LogP contribution is -2.51. The highest BCUT2D eigenvalue weighted by Gasteiger charge is 2.68. The quantitative estimate of drug-likeness (QED) is 0.269. The van der Waals surface area contributed by atoms with Crippen molar-refractivity contribution in [2.45, 2.75) is 37.3 Å². The van der Waals surface area contributed by atoms with E-state index in [9.17, 15) is 70.2 Å². The Morgan fingerprint density at radius 1 is 0.500 bits per heavy atom. The molecule has 28 heavy (non-hydrogen) atoms. The van der Waals surface area contributed by atoms with Crippen LogP contribution in [-0.2, 0) is 18.9 Å². The molecule has 0 atom stereocenters. The lowest BCUT2D eigenvalue weighted by atomic mass is 10.5. The number of hydrogen-bond donors (Lipinski definition) is 0. The molecule has 0 amide bonds. The Morgan fingerprint density at radius 3 is 1.25 bits per heavy atom. The minimum Gasteiger partial charge on any atom is -0.397 e. The van der Waals surface area contributed by atoms with Crippen LogP contribution in [0.1, 0.15) is 0 Å². The predicted molar refractivity (Wildman–Crippen MR) is 45.5 cm³/mol. The van der Waals surface area contributed by atoms with E-state index in [1.165, 1.54) is 0 Å². The Bertz CT molecular complexity index is 574. The second kappa shape index (κ2) is 7.61. The normalized spacial score (nSPS) is 16.1. The van der Waals surface area contributed by atoms with Crippen LogP contribution < -0.4 is 0 Å². The molecule has 0 heterocycles. The summed E-state index contributed by atoms with van der Waals surface area (Å²) in [7, 11) is 0. The number of ether oxygens (including phenoxy) is 4. The molecule has 4 nitrogen and oxygen atoms in total. The van der Waals surface area contributed by atoms with Gasteiger partial charge in [0.25, 0.3) is 5.83 Å². The molecule has 20 heteroatoms. The van der Waals surface area contributed by atoms with Gasteiger partial charge < -0.3 is 4.74 Å². The number of halogens is 16. The highest BCUT2D eigenvalue weighted by molar-refractivity contribution is 5.00. The van der Waals surface area contributed by atoms with Crippen molar-refractivity contribution in [1.29, 1.82) is 0 Å². The Hall–Kier alpha value is -1.70. The molecular formula is C8F16O4. The summed E-state index contributed by atoms with van der Waals surface area (Å²) in [6.45, 7) is 0. The van der Waals surface area contributed by atoms with Crippen LogP contribution in [0.4, 0.5) is 70.2 Å². The summed E-state index contributed by atoms with van der Waals surface area (Å²) in [6, 6.07) is -4.13. The molecular weight excluding hydrogens is 464 g/mol. The molecule has 0 spiro atoms. The molecule has 0 aliphatic carbocycles. The van der Waals surface area contributed by atoms with Crippen LogP contribution in [-0.4, -0.2) is 37.3 Å². The van der Waals surface area contributed by atoms with Gasteiger partial charge in [-0.3, -0.25) is 0 Å². The van der Waals surface area contributed by atoms with Crippen LogP contribution >= 0.6 is 0 Å². The summed E-state index contributed by atoms with van der Waals surface area (Å²) in [6.07, 6.45) is -40.2. The van der Waals surface area contributed by atoms with E-state index >= 15 is 0 Å². The Balaban J connectivity index is 5.47. The molecule has 0 N–H and O–H groups in total. The first-order chi connectivity index (χ1) is 11.9. The van der Waals surface area contributed by atoms with Gasteiger partial charge in [0, 0.05) is 0 Å². The van der Waals surface area contributed by atoms with Gasteiger partial charge in [-0.25, -0.2) is 9.47 Å². The van der Waals surface area contributed by atoms with E-state index in [2.05, 4.69) is 0 Å². The van der Waals surface area contributed by atoms with E-state index in [1.807, 2.05) is 4.74 Å². The second-order valence-electron chi connectivity index (χ2n) is 3.90. The zero-order chi connectivity index (χ0) is 23.0. The average Bonchev–Trinajstić information content (AvgIpc) is 2.29. The number of allylic oxidation sites excluding steroid dienone is 1. The maximum Gasteiger partial charge on any atom is 0.529 e. The summed E-state index contributed by atoms with van der Waals surface area (Å²) in [5.41, 5.74) is 0. The standard InChI is InChI=1S/C8F16O4/c9-1(3(11,12)13)2(10)25-4(14,15)5(16,17)26-7(21,22)28-8(23,24)27-6(18,19)20. The van der Waals surface area contributed by atoms with Gasteiger partial charge in [0.2, 0.25) is 0 Å². The zero-order valence-corrected chi connectivity index (χ0v) is 11.7. The predicted octanol–water partition coefficient (Wildman–Crippen LogP) is 5.53. The molecule has 0 aromatic rings. The van der Waals surface area contributed by atoms with E-state index in [-0.39, 0.29) is 0 Å². The molecule has 0 aromatic heterocycles.